The topological polar surface area (TPSA) is 106 Å². The number of hydrogen-bond donors (Lipinski definition) is 2. The highest BCUT2D eigenvalue weighted by atomic mass is 16.5. The van der Waals surface area contributed by atoms with Crippen molar-refractivity contribution in [1.29, 1.82) is 5.26 Å². The highest BCUT2D eigenvalue weighted by molar-refractivity contribution is 6.04. The molecule has 7 nitrogen and oxygen atoms in total. The van der Waals surface area contributed by atoms with Crippen molar-refractivity contribution < 1.29 is 10.0 Å². The monoisotopic (exact) mass is 229 g/mol. The Morgan fingerprint density at radius 3 is 2.82 bits per heavy atom. The number of hydroxylamine groups is 1. The highest BCUT2D eigenvalue weighted by Crippen LogP contribution is 2.15. The van der Waals surface area contributed by atoms with Crippen LogP contribution >= 0.6 is 0 Å². The third-order valence-electron chi connectivity index (χ3n) is 2.05. The maximum atomic E-state index is 11.8. The summed E-state index contributed by atoms with van der Waals surface area (Å²) in [4.78, 5) is 21.8. The first-order valence-electron chi connectivity index (χ1n) is 4.61. The van der Waals surface area contributed by atoms with Gasteiger partial charge in [-0.1, -0.05) is 0 Å². The van der Waals surface area contributed by atoms with Crippen LogP contribution in [0.2, 0.25) is 0 Å². The Morgan fingerprint density at radius 1 is 1.47 bits per heavy atom. The molecule has 0 aliphatic heterocycles. The number of anilines is 1. The zero-order valence-electron chi connectivity index (χ0n) is 8.53. The number of nitrogens with one attached hydrogen (secondary N) is 1. The van der Waals surface area contributed by atoms with Crippen molar-refractivity contribution in [3.8, 4) is 6.07 Å². The quantitative estimate of drug-likeness (QED) is 0.582. The summed E-state index contributed by atoms with van der Waals surface area (Å²) < 4.78 is 0. The van der Waals surface area contributed by atoms with E-state index in [1.807, 2.05) is 0 Å². The molecule has 1 amide bonds. The average Bonchev–Trinajstić information content (AvgIpc) is 2.86. The number of nitriles is 1. The van der Waals surface area contributed by atoms with Gasteiger partial charge < -0.3 is 4.98 Å². The molecular weight excluding hydrogens is 222 g/mol. The van der Waals surface area contributed by atoms with Gasteiger partial charge in [-0.05, 0) is 12.1 Å². The lowest BCUT2D eigenvalue weighted by atomic mass is 10.2. The maximum absolute atomic E-state index is 11.8. The fraction of sp³-hybridized carbons (Fsp3) is 0. The summed E-state index contributed by atoms with van der Waals surface area (Å²) in [5.41, 5.74) is 0.254. The van der Waals surface area contributed by atoms with E-state index in [9.17, 15) is 10.0 Å². The van der Waals surface area contributed by atoms with Crippen LogP contribution in [0.5, 0.6) is 0 Å². The third-order valence-corrected chi connectivity index (χ3v) is 2.05. The minimum Gasteiger partial charge on any atom is -0.334 e. The van der Waals surface area contributed by atoms with E-state index in [4.69, 9.17) is 5.26 Å². The van der Waals surface area contributed by atoms with E-state index < -0.39 is 5.91 Å². The van der Waals surface area contributed by atoms with Crippen molar-refractivity contribution in [3.05, 3.63) is 42.1 Å². The lowest BCUT2D eigenvalue weighted by molar-refractivity contribution is 0.0851. The molecule has 0 aliphatic carbocycles. The van der Waals surface area contributed by atoms with E-state index >= 15 is 0 Å². The van der Waals surface area contributed by atoms with Gasteiger partial charge in [0.2, 0.25) is 0 Å². The van der Waals surface area contributed by atoms with Crippen LogP contribution in [0.3, 0.4) is 0 Å². The van der Waals surface area contributed by atoms with Crippen LogP contribution in [-0.4, -0.2) is 26.1 Å². The van der Waals surface area contributed by atoms with Crippen LogP contribution in [0, 0.1) is 11.3 Å². The SMILES string of the molecule is N#Cc1[nH]cnc1N(O)C(=O)c1ccncc1. The average molecular weight is 229 g/mol. The normalized spacial score (nSPS) is 9.65. The lowest BCUT2D eigenvalue weighted by Crippen LogP contribution is -2.28. The molecule has 0 aromatic carbocycles. The van der Waals surface area contributed by atoms with Crippen molar-refractivity contribution in [2.24, 2.45) is 0 Å². The van der Waals surface area contributed by atoms with Gasteiger partial charge in [-0.25, -0.2) is 4.98 Å². The number of imidazole rings is 1. The number of aromatic amines is 1. The summed E-state index contributed by atoms with van der Waals surface area (Å²) in [5.74, 6) is -0.815. The van der Waals surface area contributed by atoms with Gasteiger partial charge in [-0.3, -0.25) is 15.0 Å². The number of pyridine rings is 1. The van der Waals surface area contributed by atoms with E-state index in [-0.39, 0.29) is 17.1 Å². The maximum Gasteiger partial charge on any atom is 0.283 e. The fourth-order valence-corrected chi connectivity index (χ4v) is 1.24. The fourth-order valence-electron chi connectivity index (χ4n) is 1.24. The number of amides is 1. The van der Waals surface area contributed by atoms with Gasteiger partial charge >= 0.3 is 0 Å². The smallest absolute Gasteiger partial charge is 0.283 e. The molecule has 7 heteroatoms. The molecule has 0 saturated carbocycles. The van der Waals surface area contributed by atoms with Gasteiger partial charge in [0.1, 0.15) is 6.07 Å². The molecule has 0 bridgehead atoms. The van der Waals surface area contributed by atoms with Gasteiger partial charge in [0, 0.05) is 18.0 Å². The largest absolute Gasteiger partial charge is 0.334 e. The number of nitrogens with zero attached hydrogens (tertiary/aromatic N) is 4. The first-order chi connectivity index (χ1) is 8.24. The Hall–Kier alpha value is -2.72. The second-order valence-corrected chi connectivity index (χ2v) is 3.07. The molecule has 2 rings (SSSR count). The molecule has 0 radical (unpaired) electrons. The molecule has 0 atom stereocenters. The standard InChI is InChI=1S/C10H7N5O2/c11-5-8-9(14-6-13-8)15(17)10(16)7-1-3-12-4-2-7/h1-4,6,17H,(H,13,14). The van der Waals surface area contributed by atoms with Crippen molar-refractivity contribution in [1.82, 2.24) is 15.0 Å². The Bertz CT molecular complexity index is 572. The van der Waals surface area contributed by atoms with Gasteiger partial charge in [-0.15, -0.1) is 0 Å². The molecule has 84 valence electrons. The number of carbonyl (C=O) groups excluding carboxylic acids is 1. The van der Waals surface area contributed by atoms with Gasteiger partial charge in [0.05, 0.1) is 6.33 Å². The second kappa shape index (κ2) is 4.42. The molecule has 0 spiro atoms. The molecule has 0 saturated heterocycles. The van der Waals surface area contributed by atoms with Gasteiger partial charge in [-0.2, -0.15) is 10.3 Å². The van der Waals surface area contributed by atoms with Crippen LogP contribution in [0.4, 0.5) is 5.82 Å². The molecule has 2 N–H and O–H groups in total. The van der Waals surface area contributed by atoms with E-state index in [0.29, 0.717) is 5.06 Å². The summed E-state index contributed by atoms with van der Waals surface area (Å²) in [6, 6.07) is 4.68. The molecule has 17 heavy (non-hydrogen) atoms. The minimum atomic E-state index is -0.684. The van der Waals surface area contributed by atoms with Crippen molar-refractivity contribution in [2.75, 3.05) is 5.06 Å². The molecule has 2 heterocycles. The molecule has 0 unspecified atom stereocenters. The number of hydrogen-bond acceptors (Lipinski definition) is 5. The van der Waals surface area contributed by atoms with Crippen LogP contribution in [-0.2, 0) is 0 Å². The number of aromatic nitrogens is 3. The van der Waals surface area contributed by atoms with Crippen LogP contribution in [0.1, 0.15) is 16.1 Å². The predicted octanol–water partition coefficient (Wildman–Crippen LogP) is 0.712. The van der Waals surface area contributed by atoms with E-state index in [0.717, 1.165) is 0 Å². The van der Waals surface area contributed by atoms with Gasteiger partial charge in [0.25, 0.3) is 5.91 Å². The molecule has 0 aliphatic rings. The number of rotatable bonds is 2. The number of H-pyrrole nitrogens is 1. The first-order valence-corrected chi connectivity index (χ1v) is 4.61. The van der Waals surface area contributed by atoms with Crippen LogP contribution < -0.4 is 5.06 Å². The second-order valence-electron chi connectivity index (χ2n) is 3.07. The zero-order chi connectivity index (χ0) is 12.3. The van der Waals surface area contributed by atoms with E-state index in [1.165, 1.54) is 30.9 Å². The predicted molar refractivity (Wildman–Crippen MR) is 56.1 cm³/mol. The first kappa shape index (κ1) is 10.8. The van der Waals surface area contributed by atoms with Crippen molar-refractivity contribution >= 4 is 11.7 Å². The lowest BCUT2D eigenvalue weighted by Gasteiger charge is -2.11. The Kier molecular flexibility index (Phi) is 2.81. The summed E-state index contributed by atoms with van der Waals surface area (Å²) in [6.45, 7) is 0. The molecule has 0 fully saturated rings. The summed E-state index contributed by atoms with van der Waals surface area (Å²) >= 11 is 0. The van der Waals surface area contributed by atoms with E-state index in [1.54, 1.807) is 6.07 Å². The Balaban J connectivity index is 2.31. The summed E-state index contributed by atoms with van der Waals surface area (Å²) in [5, 5.41) is 18.7. The third kappa shape index (κ3) is 1.97. The van der Waals surface area contributed by atoms with Crippen molar-refractivity contribution in [2.45, 2.75) is 0 Å². The van der Waals surface area contributed by atoms with Gasteiger partial charge in [0.15, 0.2) is 11.5 Å². The Morgan fingerprint density at radius 2 is 2.18 bits per heavy atom. The van der Waals surface area contributed by atoms with Crippen LogP contribution in [0.15, 0.2) is 30.9 Å². The number of carbonyl (C=O) groups is 1. The van der Waals surface area contributed by atoms with E-state index in [2.05, 4.69) is 15.0 Å². The van der Waals surface area contributed by atoms with Crippen LogP contribution in [0.25, 0.3) is 0 Å². The molecular formula is C10H7N5O2. The highest BCUT2D eigenvalue weighted by Gasteiger charge is 2.20. The minimum absolute atomic E-state index is 0.00917. The Labute approximate surface area is 95.9 Å². The summed E-state index contributed by atoms with van der Waals surface area (Å²) in [6.07, 6.45) is 4.07. The summed E-state index contributed by atoms with van der Waals surface area (Å²) in [7, 11) is 0. The zero-order valence-corrected chi connectivity index (χ0v) is 8.53. The molecule has 2 aromatic heterocycles. The van der Waals surface area contributed by atoms with Crippen molar-refractivity contribution in [3.63, 3.8) is 0 Å². The molecule has 2 aromatic rings.